The van der Waals surface area contributed by atoms with Gasteiger partial charge in [-0.25, -0.2) is 0 Å². The van der Waals surface area contributed by atoms with Crippen LogP contribution in [0.4, 0.5) is 0 Å². The lowest BCUT2D eigenvalue weighted by Crippen LogP contribution is -2.43. The van der Waals surface area contributed by atoms with Crippen LogP contribution in [0.25, 0.3) is 6.08 Å². The predicted octanol–water partition coefficient (Wildman–Crippen LogP) is 3.82. The molecule has 0 aromatic heterocycles. The fraction of sp³-hybridized carbons (Fsp3) is 0.385. The highest BCUT2D eigenvalue weighted by atomic mass is 28.3. The van der Waals surface area contributed by atoms with Crippen molar-refractivity contribution in [2.45, 2.75) is 30.6 Å². The second-order valence-electron chi connectivity index (χ2n) is 4.97. The van der Waals surface area contributed by atoms with Crippen molar-refractivity contribution >= 4 is 14.1 Å². The Morgan fingerprint density at radius 2 is 2.00 bits per heavy atom. The van der Waals surface area contributed by atoms with Crippen molar-refractivity contribution in [3.8, 4) is 0 Å². The number of benzene rings is 1. The topological polar surface area (TPSA) is 0 Å². The maximum atomic E-state index is 2.58. The summed E-state index contributed by atoms with van der Waals surface area (Å²) in [7, 11) is -0.902. The van der Waals surface area contributed by atoms with E-state index in [1.165, 1.54) is 24.1 Å². The third-order valence-electron chi connectivity index (χ3n) is 4.05. The third kappa shape index (κ3) is 1.05. The Bertz CT molecular complexity index is 388. The highest BCUT2D eigenvalue weighted by molar-refractivity contribution is 6.83. The lowest BCUT2D eigenvalue weighted by molar-refractivity contribution is 0.855. The zero-order valence-corrected chi connectivity index (χ0v) is 9.66. The largest absolute Gasteiger partial charge is 0.0791 e. The van der Waals surface area contributed by atoms with Crippen LogP contribution < -0.4 is 0 Å². The van der Waals surface area contributed by atoms with E-state index in [1.54, 1.807) is 5.56 Å². The minimum atomic E-state index is -0.902. The van der Waals surface area contributed by atoms with E-state index in [-0.39, 0.29) is 0 Å². The molecule has 0 bridgehead atoms. The van der Waals surface area contributed by atoms with E-state index >= 15 is 0 Å². The Morgan fingerprint density at radius 3 is 2.71 bits per heavy atom. The van der Waals surface area contributed by atoms with Gasteiger partial charge < -0.3 is 0 Å². The molecule has 1 heterocycles. The summed E-state index contributed by atoms with van der Waals surface area (Å²) in [6, 6.07) is 12.0. The van der Waals surface area contributed by atoms with Crippen LogP contribution in [0.3, 0.4) is 0 Å². The zero-order valence-electron chi connectivity index (χ0n) is 8.66. The maximum absolute atomic E-state index is 2.58. The van der Waals surface area contributed by atoms with Gasteiger partial charge in [-0.15, -0.1) is 0 Å². The van der Waals surface area contributed by atoms with Crippen LogP contribution in [0.15, 0.2) is 30.3 Å². The molecular formula is C13H16Si. The monoisotopic (exact) mass is 200 g/mol. The van der Waals surface area contributed by atoms with Crippen molar-refractivity contribution in [2.24, 2.45) is 0 Å². The summed E-state index contributed by atoms with van der Waals surface area (Å²) >= 11 is 0. The van der Waals surface area contributed by atoms with Gasteiger partial charge in [0.15, 0.2) is 0 Å². The molecule has 1 saturated heterocycles. The summed E-state index contributed by atoms with van der Waals surface area (Å²) < 4.78 is 0. The van der Waals surface area contributed by atoms with E-state index in [2.05, 4.69) is 43.0 Å². The molecule has 0 nitrogen and oxygen atoms in total. The maximum Gasteiger partial charge on any atom is 0.0626 e. The summed E-state index contributed by atoms with van der Waals surface area (Å²) in [5, 5.41) is 0. The highest BCUT2D eigenvalue weighted by Crippen LogP contribution is 2.47. The minimum absolute atomic E-state index is 0.826. The van der Waals surface area contributed by atoms with Crippen LogP contribution in [0.5, 0.6) is 0 Å². The summed E-state index contributed by atoms with van der Waals surface area (Å²) in [5.74, 6) is 0. The summed E-state index contributed by atoms with van der Waals surface area (Å²) in [6.07, 6.45) is 6.28. The average Bonchev–Trinajstić information content (AvgIpc) is 2.58. The zero-order chi connectivity index (χ0) is 9.60. The van der Waals surface area contributed by atoms with E-state index in [0.29, 0.717) is 0 Å². The Kier molecular flexibility index (Phi) is 1.72. The van der Waals surface area contributed by atoms with Gasteiger partial charge in [0.1, 0.15) is 0 Å². The Hall–Kier alpha value is -0.823. The smallest absolute Gasteiger partial charge is 0.0626 e. The van der Waals surface area contributed by atoms with E-state index < -0.39 is 8.07 Å². The highest BCUT2D eigenvalue weighted by Gasteiger charge is 2.42. The average molecular weight is 200 g/mol. The fourth-order valence-electron chi connectivity index (χ4n) is 2.90. The quantitative estimate of drug-likeness (QED) is 0.605. The van der Waals surface area contributed by atoms with Crippen LogP contribution in [0.2, 0.25) is 18.6 Å². The first kappa shape index (κ1) is 8.48. The van der Waals surface area contributed by atoms with Crippen molar-refractivity contribution in [3.63, 3.8) is 0 Å². The van der Waals surface area contributed by atoms with Crippen molar-refractivity contribution in [1.82, 2.24) is 0 Å². The first-order chi connectivity index (χ1) is 6.80. The molecule has 1 aliphatic carbocycles. The standard InChI is InChI=1S/C13H16Si/c1-14(9-4-10-14)13-8-7-11-5-2-3-6-12(11)13/h2-3,5-8,13H,4,9-10H2,1H3. The Labute approximate surface area is 86.7 Å². The third-order valence-corrected chi connectivity index (χ3v) is 9.04. The van der Waals surface area contributed by atoms with Gasteiger partial charge in [-0.2, -0.15) is 0 Å². The van der Waals surface area contributed by atoms with Crippen molar-refractivity contribution in [1.29, 1.82) is 0 Å². The second kappa shape index (κ2) is 2.83. The van der Waals surface area contributed by atoms with Crippen molar-refractivity contribution < 1.29 is 0 Å². The fourth-order valence-corrected chi connectivity index (χ4v) is 6.57. The minimum Gasteiger partial charge on any atom is -0.0791 e. The number of hydrogen-bond donors (Lipinski definition) is 0. The van der Waals surface area contributed by atoms with Gasteiger partial charge in [0.05, 0.1) is 8.07 Å². The first-order valence-electron chi connectivity index (χ1n) is 5.57. The molecule has 1 aromatic rings. The molecule has 72 valence electrons. The Balaban J connectivity index is 2.02. The van der Waals surface area contributed by atoms with Gasteiger partial charge in [0, 0.05) is 0 Å². The molecule has 1 atom stereocenters. The molecule has 3 rings (SSSR count). The molecule has 0 radical (unpaired) electrons. The van der Waals surface area contributed by atoms with Gasteiger partial charge in [0.25, 0.3) is 0 Å². The molecule has 1 fully saturated rings. The molecule has 0 saturated carbocycles. The van der Waals surface area contributed by atoms with Gasteiger partial charge in [0.2, 0.25) is 0 Å². The van der Waals surface area contributed by atoms with Gasteiger partial charge in [-0.1, -0.05) is 61.5 Å². The molecule has 0 spiro atoms. The molecular weight excluding hydrogens is 184 g/mol. The van der Waals surface area contributed by atoms with Crippen molar-refractivity contribution in [2.75, 3.05) is 0 Å². The van der Waals surface area contributed by atoms with E-state index in [0.717, 1.165) is 5.54 Å². The SMILES string of the molecule is C[Si]1(C2C=Cc3ccccc32)CCC1. The summed E-state index contributed by atoms with van der Waals surface area (Å²) in [6.45, 7) is 2.58. The molecule has 14 heavy (non-hydrogen) atoms. The molecule has 1 unspecified atom stereocenters. The van der Waals surface area contributed by atoms with Crippen molar-refractivity contribution in [3.05, 3.63) is 41.5 Å². The van der Waals surface area contributed by atoms with Crippen LogP contribution >= 0.6 is 0 Å². The number of allylic oxidation sites excluding steroid dienone is 1. The molecule has 1 aromatic carbocycles. The first-order valence-corrected chi connectivity index (χ1v) is 8.56. The number of rotatable bonds is 1. The second-order valence-corrected chi connectivity index (χ2v) is 9.90. The molecule has 1 heteroatoms. The number of fused-ring (bicyclic) bond motifs is 1. The molecule has 0 N–H and O–H groups in total. The molecule has 1 aliphatic heterocycles. The van der Waals surface area contributed by atoms with E-state index in [1.807, 2.05) is 0 Å². The normalized spacial score (nSPS) is 27.1. The van der Waals surface area contributed by atoms with Crippen LogP contribution in [-0.2, 0) is 0 Å². The molecule has 0 amide bonds. The lowest BCUT2D eigenvalue weighted by Gasteiger charge is -2.41. The van der Waals surface area contributed by atoms with Gasteiger partial charge in [-0.05, 0) is 16.7 Å². The van der Waals surface area contributed by atoms with Gasteiger partial charge in [-0.3, -0.25) is 0 Å². The summed E-state index contributed by atoms with van der Waals surface area (Å²) in [5.41, 5.74) is 3.91. The van der Waals surface area contributed by atoms with E-state index in [4.69, 9.17) is 0 Å². The van der Waals surface area contributed by atoms with Crippen LogP contribution in [0.1, 0.15) is 23.1 Å². The number of hydrogen-bond acceptors (Lipinski definition) is 0. The Morgan fingerprint density at radius 1 is 1.21 bits per heavy atom. The predicted molar refractivity (Wildman–Crippen MR) is 64.1 cm³/mol. The van der Waals surface area contributed by atoms with E-state index in [9.17, 15) is 0 Å². The molecule has 2 aliphatic rings. The lowest BCUT2D eigenvalue weighted by atomic mass is 10.1. The van der Waals surface area contributed by atoms with Crippen LogP contribution in [-0.4, -0.2) is 8.07 Å². The van der Waals surface area contributed by atoms with Crippen LogP contribution in [0, 0.1) is 0 Å². The summed E-state index contributed by atoms with van der Waals surface area (Å²) in [4.78, 5) is 0. The van der Waals surface area contributed by atoms with Gasteiger partial charge >= 0.3 is 0 Å².